The number of pyridine rings is 1. The summed E-state index contributed by atoms with van der Waals surface area (Å²) >= 11 is 0. The quantitative estimate of drug-likeness (QED) is 0.640. The molecular formula is C20H22FN5O2. The molecule has 1 atom stereocenters. The van der Waals surface area contributed by atoms with Crippen LogP contribution in [0.4, 0.5) is 4.39 Å². The van der Waals surface area contributed by atoms with E-state index >= 15 is 0 Å². The second-order valence-electron chi connectivity index (χ2n) is 6.38. The molecule has 0 bridgehead atoms. The van der Waals surface area contributed by atoms with Gasteiger partial charge in [0.2, 0.25) is 0 Å². The van der Waals surface area contributed by atoms with Crippen molar-refractivity contribution in [2.45, 2.75) is 19.4 Å². The van der Waals surface area contributed by atoms with Gasteiger partial charge in [0.1, 0.15) is 11.7 Å². The Hall–Kier alpha value is -3.13. The van der Waals surface area contributed by atoms with Gasteiger partial charge in [0, 0.05) is 36.5 Å². The van der Waals surface area contributed by atoms with Crippen LogP contribution in [0.3, 0.4) is 0 Å². The van der Waals surface area contributed by atoms with Crippen LogP contribution in [-0.2, 0) is 4.74 Å². The van der Waals surface area contributed by atoms with Crippen LogP contribution >= 0.6 is 0 Å². The summed E-state index contributed by atoms with van der Waals surface area (Å²) in [6.07, 6.45) is 5.84. The molecule has 0 aromatic carbocycles. The lowest BCUT2D eigenvalue weighted by Crippen LogP contribution is -2.31. The molecule has 3 rings (SSSR count). The lowest BCUT2D eigenvalue weighted by Gasteiger charge is -2.23. The van der Waals surface area contributed by atoms with Gasteiger partial charge in [-0.15, -0.1) is 0 Å². The fourth-order valence-corrected chi connectivity index (χ4v) is 2.96. The van der Waals surface area contributed by atoms with E-state index in [1.165, 1.54) is 7.11 Å². The molecule has 7 nitrogen and oxygen atoms in total. The minimum atomic E-state index is -0.778. The molecule has 0 amide bonds. The van der Waals surface area contributed by atoms with E-state index in [9.17, 15) is 9.50 Å². The van der Waals surface area contributed by atoms with Crippen LogP contribution < -0.4 is 0 Å². The number of hydrogen-bond acceptors (Lipinski definition) is 6. The van der Waals surface area contributed by atoms with Crippen molar-refractivity contribution in [2.75, 3.05) is 20.2 Å². The molecule has 2 heterocycles. The maximum Gasteiger partial charge on any atom is 0.315 e. The third kappa shape index (κ3) is 4.40. The van der Waals surface area contributed by atoms with Crippen molar-refractivity contribution in [3.63, 3.8) is 0 Å². The first-order valence-corrected chi connectivity index (χ1v) is 8.78. The number of amidine groups is 2. The van der Waals surface area contributed by atoms with E-state index in [0.717, 1.165) is 11.3 Å². The number of aliphatic hydroxyl groups excluding tert-OH is 1. The molecule has 2 aliphatic rings. The normalized spacial score (nSPS) is 21.7. The van der Waals surface area contributed by atoms with Crippen LogP contribution in [0.15, 0.2) is 74.4 Å². The SMILES string of the molecule is C=N/C(=N\C(C)=C1/CN(CC2=C(F)CC(O)C=C2)C(c2cccnc2)=N1)OC. The number of ether oxygens (including phenoxy) is 1. The number of allylic oxidation sites excluding steroid dienone is 1. The van der Waals surface area contributed by atoms with Crippen molar-refractivity contribution in [1.29, 1.82) is 0 Å². The number of nitrogens with zero attached hydrogens (tertiary/aromatic N) is 5. The van der Waals surface area contributed by atoms with Crippen LogP contribution in [-0.4, -0.2) is 59.9 Å². The van der Waals surface area contributed by atoms with Gasteiger partial charge < -0.3 is 14.7 Å². The molecule has 146 valence electrons. The van der Waals surface area contributed by atoms with Gasteiger partial charge in [0.25, 0.3) is 0 Å². The number of halogens is 1. The highest BCUT2D eigenvalue weighted by Gasteiger charge is 2.26. The van der Waals surface area contributed by atoms with E-state index < -0.39 is 6.10 Å². The van der Waals surface area contributed by atoms with Crippen molar-refractivity contribution in [2.24, 2.45) is 15.0 Å². The Morgan fingerprint density at radius 3 is 2.96 bits per heavy atom. The highest BCUT2D eigenvalue weighted by atomic mass is 19.1. The highest BCUT2D eigenvalue weighted by Crippen LogP contribution is 2.26. The van der Waals surface area contributed by atoms with E-state index in [-0.39, 0.29) is 18.3 Å². The summed E-state index contributed by atoms with van der Waals surface area (Å²) in [5.41, 5.74) is 2.70. The number of methoxy groups -OCH3 is 1. The summed E-state index contributed by atoms with van der Waals surface area (Å²) in [4.78, 5) is 18.8. The van der Waals surface area contributed by atoms with Crippen molar-refractivity contribution in [1.82, 2.24) is 9.88 Å². The van der Waals surface area contributed by atoms with E-state index in [4.69, 9.17) is 9.73 Å². The molecule has 8 heteroatoms. The van der Waals surface area contributed by atoms with Gasteiger partial charge in [0.15, 0.2) is 0 Å². The van der Waals surface area contributed by atoms with E-state index in [2.05, 4.69) is 21.7 Å². The number of aliphatic hydroxyl groups is 1. The van der Waals surface area contributed by atoms with Crippen LogP contribution in [0.25, 0.3) is 0 Å². The van der Waals surface area contributed by atoms with Gasteiger partial charge in [-0.3, -0.25) is 4.98 Å². The van der Waals surface area contributed by atoms with E-state index in [1.54, 1.807) is 24.5 Å². The summed E-state index contributed by atoms with van der Waals surface area (Å²) < 4.78 is 19.4. The second kappa shape index (κ2) is 8.71. The second-order valence-corrected chi connectivity index (χ2v) is 6.38. The Balaban J connectivity index is 1.95. The highest BCUT2D eigenvalue weighted by molar-refractivity contribution is 6.01. The number of hydrogen-bond donors (Lipinski definition) is 1. The standard InChI is InChI=1S/C20H22FN5O2/c1-13(24-20(22-2)28-3)18-12-26(11-15-6-7-16(27)9-17(15)21)19(25-18)14-5-4-8-23-10-14/h4-8,10,16,27H,2,9,11-12H2,1,3H3/b18-13+,24-20+. The molecule has 1 aromatic rings. The molecule has 28 heavy (non-hydrogen) atoms. The Labute approximate surface area is 163 Å². The van der Waals surface area contributed by atoms with Crippen LogP contribution in [0, 0.1) is 0 Å². The van der Waals surface area contributed by atoms with Gasteiger partial charge in [-0.05, 0) is 25.8 Å². The average molecular weight is 383 g/mol. The van der Waals surface area contributed by atoms with E-state index in [1.807, 2.05) is 24.0 Å². The van der Waals surface area contributed by atoms with Gasteiger partial charge in [-0.2, -0.15) is 4.99 Å². The zero-order chi connectivity index (χ0) is 20.1. The molecule has 0 radical (unpaired) electrons. The lowest BCUT2D eigenvalue weighted by molar-refractivity contribution is 0.211. The zero-order valence-electron chi connectivity index (χ0n) is 15.8. The molecule has 1 unspecified atom stereocenters. The third-order valence-electron chi connectivity index (χ3n) is 4.42. The molecule has 0 saturated heterocycles. The predicted octanol–water partition coefficient (Wildman–Crippen LogP) is 2.62. The Bertz CT molecular complexity index is 902. The first-order valence-electron chi connectivity index (χ1n) is 8.78. The largest absolute Gasteiger partial charge is 0.467 e. The maximum atomic E-state index is 14.3. The first-order chi connectivity index (χ1) is 13.5. The predicted molar refractivity (Wildman–Crippen MR) is 107 cm³/mol. The molecule has 0 spiro atoms. The minimum absolute atomic E-state index is 0.00668. The molecule has 0 fully saturated rings. The van der Waals surface area contributed by atoms with Crippen LogP contribution in [0.2, 0.25) is 0 Å². The summed E-state index contributed by atoms with van der Waals surface area (Å²) in [6.45, 7) is 6.00. The van der Waals surface area contributed by atoms with Gasteiger partial charge in [-0.1, -0.05) is 12.2 Å². The number of rotatable bonds is 4. The molecule has 1 aliphatic heterocycles. The fourth-order valence-electron chi connectivity index (χ4n) is 2.96. The average Bonchev–Trinajstić information content (AvgIpc) is 3.13. The number of aromatic nitrogens is 1. The number of aliphatic imine (C=N–C) groups is 3. The maximum absolute atomic E-state index is 14.3. The molecule has 1 N–H and O–H groups in total. The minimum Gasteiger partial charge on any atom is -0.467 e. The molecule has 1 aromatic heterocycles. The Kier molecular flexibility index (Phi) is 6.10. The molecular weight excluding hydrogens is 361 g/mol. The monoisotopic (exact) mass is 383 g/mol. The first kappa shape index (κ1) is 19.6. The fraction of sp³-hybridized carbons (Fsp3) is 0.300. The van der Waals surface area contributed by atoms with Crippen molar-refractivity contribution in [3.05, 3.63) is 65.0 Å². The van der Waals surface area contributed by atoms with Crippen molar-refractivity contribution < 1.29 is 14.2 Å². The van der Waals surface area contributed by atoms with Gasteiger partial charge >= 0.3 is 6.02 Å². The van der Waals surface area contributed by atoms with Crippen LogP contribution in [0.1, 0.15) is 18.9 Å². The lowest BCUT2D eigenvalue weighted by atomic mass is 10.0. The van der Waals surface area contributed by atoms with Crippen molar-refractivity contribution in [3.8, 4) is 0 Å². The van der Waals surface area contributed by atoms with Gasteiger partial charge in [0.05, 0.1) is 31.2 Å². The molecule has 1 aliphatic carbocycles. The Morgan fingerprint density at radius 1 is 1.50 bits per heavy atom. The topological polar surface area (TPSA) is 82.7 Å². The Morgan fingerprint density at radius 2 is 2.32 bits per heavy atom. The third-order valence-corrected chi connectivity index (χ3v) is 4.42. The summed E-state index contributed by atoms with van der Waals surface area (Å²) in [7, 11) is 1.47. The molecule has 0 saturated carbocycles. The van der Waals surface area contributed by atoms with Crippen LogP contribution in [0.5, 0.6) is 0 Å². The smallest absolute Gasteiger partial charge is 0.315 e. The van der Waals surface area contributed by atoms with Gasteiger partial charge in [-0.25, -0.2) is 14.4 Å². The van der Waals surface area contributed by atoms with E-state index in [0.29, 0.717) is 30.2 Å². The summed E-state index contributed by atoms with van der Waals surface area (Å²) in [5, 5.41) is 9.58. The summed E-state index contributed by atoms with van der Waals surface area (Å²) in [5.74, 6) is 0.369. The van der Waals surface area contributed by atoms with Crippen molar-refractivity contribution >= 4 is 18.6 Å². The summed E-state index contributed by atoms with van der Waals surface area (Å²) in [6, 6.07) is 3.88. The zero-order valence-corrected chi connectivity index (χ0v) is 15.8.